The van der Waals surface area contributed by atoms with Crippen molar-refractivity contribution in [1.29, 1.82) is 0 Å². The van der Waals surface area contributed by atoms with Crippen LogP contribution in [-0.2, 0) is 6.42 Å². The monoisotopic (exact) mass is 386 g/mol. The van der Waals surface area contributed by atoms with Gasteiger partial charge in [0.15, 0.2) is 11.6 Å². The molecule has 2 aromatic carbocycles. The summed E-state index contributed by atoms with van der Waals surface area (Å²) < 4.78 is 19.6. The summed E-state index contributed by atoms with van der Waals surface area (Å²) >= 11 is 2.27. The average Bonchev–Trinajstić information content (AvgIpc) is 2.47. The van der Waals surface area contributed by atoms with Crippen molar-refractivity contribution < 1.29 is 9.13 Å². The number of nitrogens with one attached hydrogen (secondary N) is 1. The Morgan fingerprint density at radius 1 is 1.25 bits per heavy atom. The molecule has 106 valence electrons. The van der Waals surface area contributed by atoms with Crippen LogP contribution >= 0.6 is 22.6 Å². The first-order valence-corrected chi connectivity index (χ1v) is 7.26. The smallest absolute Gasteiger partial charge is 0.165 e. The second-order valence-corrected chi connectivity index (χ2v) is 5.69. The number of halogens is 2. The standard InChI is InChI=1S/C15H16FIN2O/c1-20-15-9-11(4-7-13(15)16)14(19-18)8-10-2-5-12(17)6-3-10/h2-7,9,14,19H,8,18H2,1H3. The second-order valence-electron chi connectivity index (χ2n) is 4.44. The van der Waals surface area contributed by atoms with Gasteiger partial charge in [0.05, 0.1) is 13.2 Å². The number of benzene rings is 2. The van der Waals surface area contributed by atoms with E-state index in [0.717, 1.165) is 17.5 Å². The van der Waals surface area contributed by atoms with E-state index >= 15 is 0 Å². The van der Waals surface area contributed by atoms with E-state index in [1.54, 1.807) is 12.1 Å². The number of hydrogen-bond acceptors (Lipinski definition) is 3. The van der Waals surface area contributed by atoms with Crippen LogP contribution in [0, 0.1) is 9.39 Å². The van der Waals surface area contributed by atoms with Gasteiger partial charge in [-0.1, -0.05) is 18.2 Å². The number of methoxy groups -OCH3 is 1. The van der Waals surface area contributed by atoms with Crippen LogP contribution in [0.25, 0.3) is 0 Å². The fourth-order valence-electron chi connectivity index (χ4n) is 2.02. The van der Waals surface area contributed by atoms with Gasteiger partial charge >= 0.3 is 0 Å². The highest BCUT2D eigenvalue weighted by molar-refractivity contribution is 14.1. The third-order valence-electron chi connectivity index (χ3n) is 3.13. The molecule has 0 spiro atoms. The lowest BCUT2D eigenvalue weighted by atomic mass is 9.99. The molecular weight excluding hydrogens is 370 g/mol. The molecular formula is C15H16FIN2O. The Morgan fingerprint density at radius 2 is 1.95 bits per heavy atom. The van der Waals surface area contributed by atoms with E-state index < -0.39 is 0 Å². The summed E-state index contributed by atoms with van der Waals surface area (Å²) in [6.45, 7) is 0. The fourth-order valence-corrected chi connectivity index (χ4v) is 2.38. The first kappa shape index (κ1) is 15.2. The van der Waals surface area contributed by atoms with Gasteiger partial charge in [-0.3, -0.25) is 11.3 Å². The minimum atomic E-state index is -0.374. The van der Waals surface area contributed by atoms with Crippen molar-refractivity contribution in [2.24, 2.45) is 5.84 Å². The second kappa shape index (κ2) is 7.01. The molecule has 0 amide bonds. The number of hydrogen-bond donors (Lipinski definition) is 2. The zero-order valence-corrected chi connectivity index (χ0v) is 13.2. The zero-order valence-electron chi connectivity index (χ0n) is 11.1. The molecule has 0 radical (unpaired) electrons. The molecule has 1 atom stereocenters. The van der Waals surface area contributed by atoms with Gasteiger partial charge in [0.25, 0.3) is 0 Å². The predicted molar refractivity (Wildman–Crippen MR) is 85.9 cm³/mol. The minimum absolute atomic E-state index is 0.0930. The summed E-state index contributed by atoms with van der Waals surface area (Å²) in [7, 11) is 1.45. The van der Waals surface area contributed by atoms with Crippen LogP contribution in [0.2, 0.25) is 0 Å². The summed E-state index contributed by atoms with van der Waals surface area (Å²) in [4.78, 5) is 0. The fraction of sp³-hybridized carbons (Fsp3) is 0.200. The summed E-state index contributed by atoms with van der Waals surface area (Å²) in [5.74, 6) is 5.48. The highest BCUT2D eigenvalue weighted by Gasteiger charge is 2.13. The van der Waals surface area contributed by atoms with Crippen LogP contribution < -0.4 is 16.0 Å². The minimum Gasteiger partial charge on any atom is -0.494 e. The van der Waals surface area contributed by atoms with Crippen molar-refractivity contribution in [1.82, 2.24) is 5.43 Å². The third kappa shape index (κ3) is 3.68. The van der Waals surface area contributed by atoms with Gasteiger partial charge in [0.2, 0.25) is 0 Å². The molecule has 0 aliphatic rings. The van der Waals surface area contributed by atoms with Crippen LogP contribution in [0.15, 0.2) is 42.5 Å². The van der Waals surface area contributed by atoms with E-state index in [1.807, 2.05) is 0 Å². The van der Waals surface area contributed by atoms with Crippen molar-refractivity contribution >= 4 is 22.6 Å². The molecule has 0 aliphatic carbocycles. The summed E-state index contributed by atoms with van der Waals surface area (Å²) in [5, 5.41) is 0. The Hall–Kier alpha value is -1.18. The van der Waals surface area contributed by atoms with E-state index in [9.17, 15) is 4.39 Å². The van der Waals surface area contributed by atoms with Crippen LogP contribution in [-0.4, -0.2) is 7.11 Å². The third-order valence-corrected chi connectivity index (χ3v) is 3.85. The Balaban J connectivity index is 2.21. The molecule has 0 bridgehead atoms. The van der Waals surface area contributed by atoms with Gasteiger partial charge in [-0.2, -0.15) is 0 Å². The molecule has 0 heterocycles. The lowest BCUT2D eigenvalue weighted by Crippen LogP contribution is -2.29. The molecule has 3 nitrogen and oxygen atoms in total. The van der Waals surface area contributed by atoms with E-state index in [0.29, 0.717) is 0 Å². The van der Waals surface area contributed by atoms with Crippen LogP contribution in [0.1, 0.15) is 17.2 Å². The maximum absolute atomic E-state index is 13.4. The molecule has 2 aromatic rings. The predicted octanol–water partition coefficient (Wildman–Crippen LogP) is 3.19. The number of rotatable bonds is 5. The molecule has 0 saturated carbocycles. The average molecular weight is 386 g/mol. The van der Waals surface area contributed by atoms with Gasteiger partial charge in [-0.25, -0.2) is 4.39 Å². The van der Waals surface area contributed by atoms with Gasteiger partial charge in [-0.05, 0) is 64.4 Å². The van der Waals surface area contributed by atoms with Crippen LogP contribution in [0.5, 0.6) is 5.75 Å². The topological polar surface area (TPSA) is 47.3 Å². The van der Waals surface area contributed by atoms with Gasteiger partial charge < -0.3 is 4.74 Å². The van der Waals surface area contributed by atoms with Crippen molar-refractivity contribution in [3.05, 3.63) is 63.0 Å². The largest absolute Gasteiger partial charge is 0.494 e. The summed E-state index contributed by atoms with van der Waals surface area (Å²) in [5.41, 5.74) is 4.83. The van der Waals surface area contributed by atoms with Gasteiger partial charge in [-0.15, -0.1) is 0 Å². The highest BCUT2D eigenvalue weighted by Crippen LogP contribution is 2.24. The zero-order chi connectivity index (χ0) is 14.5. The molecule has 0 saturated heterocycles. The maximum atomic E-state index is 13.4. The molecule has 5 heteroatoms. The van der Waals surface area contributed by atoms with Crippen molar-refractivity contribution in [2.45, 2.75) is 12.5 Å². The van der Waals surface area contributed by atoms with E-state index in [2.05, 4.69) is 52.3 Å². The Kier molecular flexibility index (Phi) is 5.33. The van der Waals surface area contributed by atoms with Crippen LogP contribution in [0.3, 0.4) is 0 Å². The van der Waals surface area contributed by atoms with E-state index in [-0.39, 0.29) is 17.6 Å². The molecule has 1 unspecified atom stereocenters. The van der Waals surface area contributed by atoms with E-state index in [1.165, 1.54) is 16.7 Å². The molecule has 0 aliphatic heterocycles. The van der Waals surface area contributed by atoms with Crippen LogP contribution in [0.4, 0.5) is 4.39 Å². The molecule has 0 fully saturated rings. The molecule has 3 N–H and O–H groups in total. The van der Waals surface area contributed by atoms with Crippen molar-refractivity contribution in [2.75, 3.05) is 7.11 Å². The first-order chi connectivity index (χ1) is 9.63. The quantitative estimate of drug-likeness (QED) is 0.472. The van der Waals surface area contributed by atoms with Crippen molar-refractivity contribution in [3.8, 4) is 5.75 Å². The Bertz CT molecular complexity index is 575. The Morgan fingerprint density at radius 3 is 2.55 bits per heavy atom. The summed E-state index contributed by atoms with van der Waals surface area (Å²) in [6.07, 6.45) is 0.724. The molecule has 0 aromatic heterocycles. The SMILES string of the molecule is COc1cc(C(Cc2ccc(I)cc2)NN)ccc1F. The van der Waals surface area contributed by atoms with E-state index in [4.69, 9.17) is 10.6 Å². The molecule has 2 rings (SSSR count). The lowest BCUT2D eigenvalue weighted by molar-refractivity contribution is 0.384. The normalized spacial score (nSPS) is 12.2. The Labute approximate surface area is 131 Å². The first-order valence-electron chi connectivity index (χ1n) is 6.18. The lowest BCUT2D eigenvalue weighted by Gasteiger charge is -2.17. The van der Waals surface area contributed by atoms with Gasteiger partial charge in [0.1, 0.15) is 0 Å². The van der Waals surface area contributed by atoms with Crippen molar-refractivity contribution in [3.63, 3.8) is 0 Å². The number of ether oxygens (including phenoxy) is 1. The molecule has 20 heavy (non-hydrogen) atoms. The van der Waals surface area contributed by atoms with Gasteiger partial charge in [0, 0.05) is 3.57 Å². The summed E-state index contributed by atoms with van der Waals surface area (Å²) in [6, 6.07) is 12.9. The number of nitrogens with two attached hydrogens (primary N) is 1. The maximum Gasteiger partial charge on any atom is 0.165 e. The highest BCUT2D eigenvalue weighted by atomic mass is 127. The number of hydrazine groups is 1.